The van der Waals surface area contributed by atoms with Crippen molar-refractivity contribution in [2.24, 2.45) is 7.05 Å². The Balaban J connectivity index is 2.00. The van der Waals surface area contributed by atoms with Gasteiger partial charge in [-0.15, -0.1) is 0 Å². The number of carboxylic acids is 1. The fraction of sp³-hybridized carbons (Fsp3) is 0.357. The highest BCUT2D eigenvalue weighted by Gasteiger charge is 2.39. The molecule has 8 nitrogen and oxygen atoms in total. The van der Waals surface area contributed by atoms with Gasteiger partial charge in [-0.25, -0.2) is 9.48 Å². The monoisotopic (exact) mass is 305 g/mol. The SMILES string of the molecule is COc1c(C(=O)N2CCc3occc3C2C(=O)O)cnn1C. The molecule has 0 fully saturated rings. The van der Waals surface area contributed by atoms with Crippen molar-refractivity contribution in [1.82, 2.24) is 14.7 Å². The van der Waals surface area contributed by atoms with Crippen LogP contribution in [0.4, 0.5) is 0 Å². The Morgan fingerprint density at radius 3 is 2.95 bits per heavy atom. The van der Waals surface area contributed by atoms with Gasteiger partial charge in [0.2, 0.25) is 5.88 Å². The molecule has 0 spiro atoms. The zero-order valence-electron chi connectivity index (χ0n) is 12.1. The molecule has 116 valence electrons. The Morgan fingerprint density at radius 2 is 2.27 bits per heavy atom. The summed E-state index contributed by atoms with van der Waals surface area (Å²) in [5.74, 6) is -0.621. The summed E-state index contributed by atoms with van der Waals surface area (Å²) < 4.78 is 11.9. The van der Waals surface area contributed by atoms with E-state index >= 15 is 0 Å². The van der Waals surface area contributed by atoms with Crippen LogP contribution in [-0.2, 0) is 18.3 Å². The summed E-state index contributed by atoms with van der Waals surface area (Å²) in [5.41, 5.74) is 0.748. The van der Waals surface area contributed by atoms with Gasteiger partial charge in [-0.2, -0.15) is 5.10 Å². The van der Waals surface area contributed by atoms with Crippen molar-refractivity contribution in [1.29, 1.82) is 0 Å². The second-order valence-electron chi connectivity index (χ2n) is 4.98. The molecule has 0 aliphatic carbocycles. The fourth-order valence-corrected chi connectivity index (χ4v) is 2.77. The number of amides is 1. The number of nitrogens with zero attached hydrogens (tertiary/aromatic N) is 3. The molecule has 0 aromatic carbocycles. The van der Waals surface area contributed by atoms with Crippen molar-refractivity contribution in [2.75, 3.05) is 13.7 Å². The minimum atomic E-state index is -1.10. The predicted molar refractivity (Wildman–Crippen MR) is 73.6 cm³/mol. The number of aliphatic carboxylic acids is 1. The van der Waals surface area contributed by atoms with Crippen LogP contribution in [0, 0.1) is 0 Å². The zero-order valence-corrected chi connectivity index (χ0v) is 12.1. The van der Waals surface area contributed by atoms with Crippen LogP contribution in [0.5, 0.6) is 5.88 Å². The molecule has 1 amide bonds. The molecule has 1 unspecified atom stereocenters. The topological polar surface area (TPSA) is 97.8 Å². The molecular weight excluding hydrogens is 290 g/mol. The third-order valence-electron chi connectivity index (χ3n) is 3.77. The number of carbonyl (C=O) groups is 2. The van der Waals surface area contributed by atoms with Crippen molar-refractivity contribution in [3.8, 4) is 5.88 Å². The van der Waals surface area contributed by atoms with Gasteiger partial charge >= 0.3 is 5.97 Å². The van der Waals surface area contributed by atoms with Gasteiger partial charge in [-0.05, 0) is 6.07 Å². The second kappa shape index (κ2) is 5.21. The van der Waals surface area contributed by atoms with Crippen molar-refractivity contribution >= 4 is 11.9 Å². The van der Waals surface area contributed by atoms with Crippen LogP contribution in [0.25, 0.3) is 0 Å². The van der Waals surface area contributed by atoms with Crippen LogP contribution >= 0.6 is 0 Å². The number of ether oxygens (including phenoxy) is 1. The number of hydrogen-bond acceptors (Lipinski definition) is 5. The molecule has 22 heavy (non-hydrogen) atoms. The number of aromatic nitrogens is 2. The van der Waals surface area contributed by atoms with Crippen molar-refractivity contribution in [2.45, 2.75) is 12.5 Å². The first-order chi connectivity index (χ1) is 10.5. The molecule has 0 saturated carbocycles. The Labute approximate surface area is 125 Å². The highest BCUT2D eigenvalue weighted by molar-refractivity contribution is 5.98. The molecular formula is C14H15N3O5. The van der Waals surface area contributed by atoms with Crippen LogP contribution < -0.4 is 4.74 Å². The van der Waals surface area contributed by atoms with Crippen LogP contribution in [0.3, 0.4) is 0 Å². The number of carbonyl (C=O) groups excluding carboxylic acids is 1. The summed E-state index contributed by atoms with van der Waals surface area (Å²) >= 11 is 0. The molecule has 0 saturated heterocycles. The van der Waals surface area contributed by atoms with Crippen LogP contribution in [-0.4, -0.2) is 45.3 Å². The number of rotatable bonds is 3. The van der Waals surface area contributed by atoms with Crippen LogP contribution in [0.2, 0.25) is 0 Å². The van der Waals surface area contributed by atoms with E-state index in [1.165, 1.54) is 29.2 Å². The third kappa shape index (κ3) is 2.03. The van der Waals surface area contributed by atoms with E-state index in [9.17, 15) is 14.7 Å². The molecule has 0 radical (unpaired) electrons. The Hall–Kier alpha value is -2.77. The number of carboxylic acid groups (broad SMARTS) is 1. The molecule has 8 heteroatoms. The number of methoxy groups -OCH3 is 1. The van der Waals surface area contributed by atoms with Gasteiger partial charge in [0.15, 0.2) is 6.04 Å². The smallest absolute Gasteiger partial charge is 0.331 e. The van der Waals surface area contributed by atoms with Crippen molar-refractivity contribution in [3.05, 3.63) is 35.4 Å². The Kier molecular flexibility index (Phi) is 3.36. The average molecular weight is 305 g/mol. The summed E-state index contributed by atoms with van der Waals surface area (Å²) in [6.07, 6.45) is 3.30. The van der Waals surface area contributed by atoms with Crippen molar-refractivity contribution in [3.63, 3.8) is 0 Å². The third-order valence-corrected chi connectivity index (χ3v) is 3.77. The lowest BCUT2D eigenvalue weighted by atomic mass is 9.98. The van der Waals surface area contributed by atoms with Crippen LogP contribution in [0.1, 0.15) is 27.7 Å². The van der Waals surface area contributed by atoms with E-state index in [-0.39, 0.29) is 12.1 Å². The minimum Gasteiger partial charge on any atom is -0.481 e. The van der Waals surface area contributed by atoms with Gasteiger partial charge < -0.3 is 19.2 Å². The Bertz CT molecular complexity index is 733. The Morgan fingerprint density at radius 1 is 1.50 bits per heavy atom. The summed E-state index contributed by atoms with van der Waals surface area (Å²) in [6, 6.07) is 0.522. The molecule has 1 atom stereocenters. The zero-order chi connectivity index (χ0) is 15.9. The largest absolute Gasteiger partial charge is 0.481 e. The summed E-state index contributed by atoms with van der Waals surface area (Å²) in [4.78, 5) is 25.7. The lowest BCUT2D eigenvalue weighted by Crippen LogP contribution is -2.43. The van der Waals surface area contributed by atoms with Gasteiger partial charge in [0, 0.05) is 25.6 Å². The maximum atomic E-state index is 12.7. The maximum absolute atomic E-state index is 12.7. The van der Waals surface area contributed by atoms with E-state index < -0.39 is 17.9 Å². The number of aryl methyl sites for hydroxylation is 1. The van der Waals surface area contributed by atoms with E-state index in [4.69, 9.17) is 9.15 Å². The first-order valence-electron chi connectivity index (χ1n) is 6.70. The van der Waals surface area contributed by atoms with E-state index in [0.29, 0.717) is 23.6 Å². The van der Waals surface area contributed by atoms with Gasteiger partial charge in [0.05, 0.1) is 19.6 Å². The highest BCUT2D eigenvalue weighted by Crippen LogP contribution is 2.33. The van der Waals surface area contributed by atoms with Crippen LogP contribution in [0.15, 0.2) is 22.9 Å². The molecule has 1 aliphatic rings. The second-order valence-corrected chi connectivity index (χ2v) is 4.98. The summed E-state index contributed by atoms with van der Waals surface area (Å²) in [5, 5.41) is 13.5. The molecule has 1 N–H and O–H groups in total. The molecule has 1 aliphatic heterocycles. The average Bonchev–Trinajstić information content (AvgIpc) is 3.10. The summed E-state index contributed by atoms with van der Waals surface area (Å²) in [6.45, 7) is 0.258. The van der Waals surface area contributed by atoms with Gasteiger partial charge in [0.1, 0.15) is 11.3 Å². The van der Waals surface area contributed by atoms with Gasteiger partial charge in [-0.1, -0.05) is 0 Å². The van der Waals surface area contributed by atoms with Gasteiger partial charge in [0.25, 0.3) is 5.91 Å². The fourth-order valence-electron chi connectivity index (χ4n) is 2.77. The number of hydrogen-bond donors (Lipinski definition) is 1. The molecule has 2 aromatic rings. The summed E-state index contributed by atoms with van der Waals surface area (Å²) in [7, 11) is 3.08. The van der Waals surface area contributed by atoms with E-state index in [2.05, 4.69) is 5.10 Å². The minimum absolute atomic E-state index is 0.239. The maximum Gasteiger partial charge on any atom is 0.331 e. The lowest BCUT2D eigenvalue weighted by Gasteiger charge is -2.32. The number of furan rings is 1. The first-order valence-corrected chi connectivity index (χ1v) is 6.70. The molecule has 2 aromatic heterocycles. The molecule has 0 bridgehead atoms. The number of fused-ring (bicyclic) bond motifs is 1. The normalized spacial score (nSPS) is 17.2. The highest BCUT2D eigenvalue weighted by atomic mass is 16.5. The van der Waals surface area contributed by atoms with E-state index in [1.807, 2.05) is 0 Å². The molecule has 3 rings (SSSR count). The quantitative estimate of drug-likeness (QED) is 0.902. The lowest BCUT2D eigenvalue weighted by molar-refractivity contribution is -0.143. The molecule has 3 heterocycles. The predicted octanol–water partition coefficient (Wildman–Crippen LogP) is 0.846. The van der Waals surface area contributed by atoms with Crippen molar-refractivity contribution < 1.29 is 23.8 Å². The van der Waals surface area contributed by atoms with E-state index in [1.54, 1.807) is 13.1 Å². The standard InChI is InChI=1S/C14H15N3O5/c1-16-13(21-2)9(7-15-16)12(18)17-5-3-10-8(4-6-22-10)11(17)14(19)20/h4,6-7,11H,3,5H2,1-2H3,(H,19,20). The first kappa shape index (κ1) is 14.2. The van der Waals surface area contributed by atoms with Gasteiger partial charge in [-0.3, -0.25) is 4.79 Å². The van der Waals surface area contributed by atoms with E-state index in [0.717, 1.165) is 0 Å².